The second-order valence-electron chi connectivity index (χ2n) is 9.42. The van der Waals surface area contributed by atoms with Crippen molar-refractivity contribution in [2.45, 2.75) is 37.8 Å². The van der Waals surface area contributed by atoms with Gasteiger partial charge in [-0.3, -0.25) is 19.5 Å². The van der Waals surface area contributed by atoms with Crippen LogP contribution in [0.1, 0.15) is 32.2 Å². The van der Waals surface area contributed by atoms with E-state index in [1.54, 1.807) is 51.4 Å². The van der Waals surface area contributed by atoms with Gasteiger partial charge in [-0.25, -0.2) is 9.59 Å². The van der Waals surface area contributed by atoms with E-state index in [-0.39, 0.29) is 22.4 Å². The Kier molecular flexibility index (Phi) is 8.49. The number of hydrogen-bond donors (Lipinski definition) is 3. The first-order valence-corrected chi connectivity index (χ1v) is 13.6. The highest BCUT2D eigenvalue weighted by Crippen LogP contribution is 2.40. The maximum absolute atomic E-state index is 13.1. The predicted molar refractivity (Wildman–Crippen MR) is 146 cm³/mol. The number of nitrogen functional groups attached to an aromatic ring is 1. The molecule has 2 amide bonds. The molecule has 4 heterocycles. The molecule has 14 nitrogen and oxygen atoms in total. The number of oxime groups is 1. The van der Waals surface area contributed by atoms with Gasteiger partial charge in [0.2, 0.25) is 18.1 Å². The SMILES string of the molecule is CC(C)(C)OC(=O)CO/N=C(/C(=O)NC1C(=O)N2C(C(=O)O)=C(/C=C/c3cccnc3)CS[C@H]12)c1nsc(N)n1. The van der Waals surface area contributed by atoms with Crippen LogP contribution in [-0.4, -0.2) is 83.2 Å². The van der Waals surface area contributed by atoms with Crippen LogP contribution in [0.15, 0.2) is 47.0 Å². The topological polar surface area (TPSA) is 199 Å². The number of fused-ring (bicyclic) bond motifs is 1. The van der Waals surface area contributed by atoms with Gasteiger partial charge in [-0.1, -0.05) is 23.4 Å². The molecule has 2 aliphatic rings. The number of rotatable bonds is 9. The molecule has 0 radical (unpaired) electrons. The quantitative estimate of drug-likeness (QED) is 0.163. The molecule has 4 rings (SSSR count). The third kappa shape index (κ3) is 6.63. The molecule has 0 aromatic carbocycles. The third-order valence-corrected chi connectivity index (χ3v) is 7.12. The first kappa shape index (κ1) is 28.7. The van der Waals surface area contributed by atoms with Crippen molar-refractivity contribution in [1.29, 1.82) is 0 Å². The van der Waals surface area contributed by atoms with E-state index in [4.69, 9.17) is 15.3 Å². The molecule has 1 saturated heterocycles. The van der Waals surface area contributed by atoms with Gasteiger partial charge in [0.1, 0.15) is 22.7 Å². The summed E-state index contributed by atoms with van der Waals surface area (Å²) in [5, 5.41) is 15.5. The molecule has 40 heavy (non-hydrogen) atoms. The fourth-order valence-corrected chi connectivity index (χ4v) is 5.44. The molecule has 2 aromatic heterocycles. The fourth-order valence-electron chi connectivity index (χ4n) is 3.69. The second kappa shape index (κ2) is 11.8. The van der Waals surface area contributed by atoms with Gasteiger partial charge in [0.25, 0.3) is 11.8 Å². The van der Waals surface area contributed by atoms with E-state index in [0.717, 1.165) is 22.0 Å². The van der Waals surface area contributed by atoms with Crippen LogP contribution < -0.4 is 11.1 Å². The number of esters is 1. The number of hydrogen-bond acceptors (Lipinski definition) is 13. The lowest BCUT2D eigenvalue weighted by molar-refractivity contribution is -0.160. The predicted octanol–water partition coefficient (Wildman–Crippen LogP) is 1.03. The Morgan fingerprint density at radius 2 is 2.10 bits per heavy atom. The number of carboxylic acids is 1. The van der Waals surface area contributed by atoms with E-state index in [0.29, 0.717) is 5.57 Å². The lowest BCUT2D eigenvalue weighted by Crippen LogP contribution is -2.71. The summed E-state index contributed by atoms with van der Waals surface area (Å²) in [6, 6.07) is 2.51. The number of β-lactam (4-membered cyclic amide) rings is 1. The number of ether oxygens (including phenoxy) is 1. The highest BCUT2D eigenvalue weighted by molar-refractivity contribution is 8.00. The summed E-state index contributed by atoms with van der Waals surface area (Å²) in [7, 11) is 0. The van der Waals surface area contributed by atoms with Crippen molar-refractivity contribution in [3.63, 3.8) is 0 Å². The Morgan fingerprint density at radius 1 is 1.32 bits per heavy atom. The molecule has 16 heteroatoms. The second-order valence-corrected chi connectivity index (χ2v) is 11.3. The molecule has 0 aliphatic carbocycles. The summed E-state index contributed by atoms with van der Waals surface area (Å²) < 4.78 is 9.10. The van der Waals surface area contributed by atoms with E-state index in [1.807, 2.05) is 6.07 Å². The molecule has 2 aromatic rings. The molecule has 2 atom stereocenters. The number of pyridine rings is 1. The first-order valence-electron chi connectivity index (χ1n) is 11.8. The monoisotopic (exact) mass is 587 g/mol. The molecule has 4 N–H and O–H groups in total. The van der Waals surface area contributed by atoms with Crippen LogP contribution in [0, 0.1) is 0 Å². The van der Waals surface area contributed by atoms with Crippen LogP contribution in [0.2, 0.25) is 0 Å². The van der Waals surface area contributed by atoms with Gasteiger partial charge in [0.15, 0.2) is 5.13 Å². The summed E-state index contributed by atoms with van der Waals surface area (Å²) in [6.45, 7) is 4.46. The van der Waals surface area contributed by atoms with Crippen molar-refractivity contribution in [3.8, 4) is 0 Å². The number of carbonyl (C=O) groups is 4. The molecule has 0 bridgehead atoms. The standard InChI is InChI=1S/C24H25N7O7S2/c1-24(2,3)38-14(32)10-37-29-15(18-28-23(25)40-30-18)19(33)27-16-20(34)31-17(22(35)36)13(11-39-21(16)31)7-6-12-5-4-8-26-9-12/h4-9,16,21H,10-11H2,1-3H3,(H,27,33)(H,35,36)(H2,25,28,30)/b7-6+,29-15+/t16?,21-/m1/s1. The molecular weight excluding hydrogens is 562 g/mol. The Hall–Kier alpha value is -4.31. The van der Waals surface area contributed by atoms with Crippen molar-refractivity contribution >= 4 is 64.0 Å². The third-order valence-electron chi connectivity index (χ3n) is 5.28. The fraction of sp³-hybridized carbons (Fsp3) is 0.333. The van der Waals surface area contributed by atoms with E-state index >= 15 is 0 Å². The van der Waals surface area contributed by atoms with Crippen molar-refractivity contribution in [2.75, 3.05) is 18.1 Å². The van der Waals surface area contributed by atoms with Crippen molar-refractivity contribution < 1.29 is 33.9 Å². The van der Waals surface area contributed by atoms with Crippen LogP contribution in [-0.2, 0) is 28.8 Å². The van der Waals surface area contributed by atoms with Gasteiger partial charge in [-0.2, -0.15) is 9.36 Å². The zero-order valence-electron chi connectivity index (χ0n) is 21.6. The molecule has 1 unspecified atom stereocenters. The number of aromatic nitrogens is 3. The number of carbonyl (C=O) groups excluding carboxylic acids is 3. The van der Waals surface area contributed by atoms with Crippen molar-refractivity contribution in [1.82, 2.24) is 24.6 Å². The summed E-state index contributed by atoms with van der Waals surface area (Å²) in [5.74, 6) is -3.36. The number of allylic oxidation sites excluding steroid dienone is 1. The Balaban J connectivity index is 1.49. The average Bonchev–Trinajstić information content (AvgIpc) is 3.32. The van der Waals surface area contributed by atoms with Gasteiger partial charge in [0.05, 0.1) is 0 Å². The molecular formula is C24H25N7O7S2. The van der Waals surface area contributed by atoms with E-state index < -0.39 is 53.1 Å². The minimum atomic E-state index is -1.27. The lowest BCUT2D eigenvalue weighted by atomic mass is 10.0. The molecule has 1 fully saturated rings. The minimum Gasteiger partial charge on any atom is -0.477 e. The van der Waals surface area contributed by atoms with E-state index in [2.05, 4.69) is 24.8 Å². The van der Waals surface area contributed by atoms with Crippen LogP contribution in [0.4, 0.5) is 5.13 Å². The number of nitrogens with two attached hydrogens (primary N) is 1. The van der Waals surface area contributed by atoms with Gasteiger partial charge in [0, 0.05) is 29.7 Å². The lowest BCUT2D eigenvalue weighted by Gasteiger charge is -2.49. The highest BCUT2D eigenvalue weighted by Gasteiger charge is 2.54. The average molecular weight is 588 g/mol. The Bertz CT molecular complexity index is 1420. The smallest absolute Gasteiger partial charge is 0.352 e. The summed E-state index contributed by atoms with van der Waals surface area (Å²) in [4.78, 5) is 64.3. The number of nitrogens with zero attached hydrogens (tertiary/aromatic N) is 5. The molecule has 0 saturated carbocycles. The maximum atomic E-state index is 13.1. The van der Waals surface area contributed by atoms with Crippen LogP contribution in [0.3, 0.4) is 0 Å². The van der Waals surface area contributed by atoms with Gasteiger partial charge < -0.3 is 25.7 Å². The molecule has 2 aliphatic heterocycles. The summed E-state index contributed by atoms with van der Waals surface area (Å²) in [5.41, 5.74) is 5.51. The van der Waals surface area contributed by atoms with E-state index in [1.165, 1.54) is 11.8 Å². The zero-order valence-corrected chi connectivity index (χ0v) is 23.2. The van der Waals surface area contributed by atoms with Crippen molar-refractivity contribution in [3.05, 3.63) is 53.3 Å². The molecule has 0 spiro atoms. The first-order chi connectivity index (χ1) is 18.9. The zero-order chi connectivity index (χ0) is 29.0. The number of amides is 2. The summed E-state index contributed by atoms with van der Waals surface area (Å²) >= 11 is 2.10. The van der Waals surface area contributed by atoms with Crippen LogP contribution in [0.25, 0.3) is 6.08 Å². The number of aliphatic carboxylic acids is 1. The highest BCUT2D eigenvalue weighted by atomic mass is 32.2. The Morgan fingerprint density at radius 3 is 2.73 bits per heavy atom. The van der Waals surface area contributed by atoms with Gasteiger partial charge in [-0.15, -0.1) is 11.8 Å². The molecule has 210 valence electrons. The van der Waals surface area contributed by atoms with Gasteiger partial charge >= 0.3 is 11.9 Å². The summed E-state index contributed by atoms with van der Waals surface area (Å²) in [6.07, 6.45) is 6.59. The maximum Gasteiger partial charge on any atom is 0.352 e. The number of thioether (sulfide) groups is 1. The van der Waals surface area contributed by atoms with Crippen LogP contribution in [0.5, 0.6) is 0 Å². The number of nitrogens with one attached hydrogen (secondary N) is 1. The number of anilines is 1. The normalized spacial score (nSPS) is 19.2. The van der Waals surface area contributed by atoms with Crippen molar-refractivity contribution in [2.24, 2.45) is 5.16 Å². The van der Waals surface area contributed by atoms with Crippen LogP contribution >= 0.6 is 23.3 Å². The largest absolute Gasteiger partial charge is 0.477 e. The number of carboxylic acid groups (broad SMARTS) is 1. The minimum absolute atomic E-state index is 0.0551. The van der Waals surface area contributed by atoms with E-state index in [9.17, 15) is 24.3 Å². The Labute approximate surface area is 236 Å². The van der Waals surface area contributed by atoms with Gasteiger partial charge in [-0.05, 0) is 38.0 Å².